The second-order valence-electron chi connectivity index (χ2n) is 4.60. The van der Waals surface area contributed by atoms with E-state index in [1.54, 1.807) is 7.11 Å². The topological polar surface area (TPSA) is 50.7 Å². The van der Waals surface area contributed by atoms with Crippen LogP contribution in [0.25, 0.3) is 0 Å². The number of rotatable bonds is 7. The molecule has 0 bridgehead atoms. The van der Waals surface area contributed by atoms with Crippen molar-refractivity contribution in [2.75, 3.05) is 13.7 Å². The van der Waals surface area contributed by atoms with E-state index in [4.69, 9.17) is 14.6 Å². The van der Waals surface area contributed by atoms with Crippen molar-refractivity contribution >= 4 is 0 Å². The minimum Gasteiger partial charge on any atom is -0.497 e. The minimum atomic E-state index is 0.0685. The number of ether oxygens (including phenoxy) is 2. The quantitative estimate of drug-likeness (QED) is 0.780. The summed E-state index contributed by atoms with van der Waals surface area (Å²) < 4.78 is 11.0. The highest BCUT2D eigenvalue weighted by Crippen LogP contribution is 2.25. The van der Waals surface area contributed by atoms with Gasteiger partial charge in [-0.25, -0.2) is 0 Å². The van der Waals surface area contributed by atoms with Crippen LogP contribution in [0.5, 0.6) is 11.5 Å². The lowest BCUT2D eigenvalue weighted by Gasteiger charge is -2.17. The molecule has 1 atom stereocenters. The molecular weight excluding hydrogens is 230 g/mol. The fourth-order valence-electron chi connectivity index (χ4n) is 1.52. The largest absolute Gasteiger partial charge is 0.497 e. The Balaban J connectivity index is 2.81. The first-order chi connectivity index (χ1) is 8.56. The zero-order valence-corrected chi connectivity index (χ0v) is 11.6. The fourth-order valence-corrected chi connectivity index (χ4v) is 1.52. The highest BCUT2D eigenvalue weighted by Gasteiger charge is 2.09. The number of aliphatic hydroxyl groups is 1. The number of methoxy groups -OCH3 is 1. The van der Waals surface area contributed by atoms with Gasteiger partial charge < -0.3 is 19.9 Å². The van der Waals surface area contributed by atoms with Crippen LogP contribution in [0.1, 0.15) is 26.3 Å². The van der Waals surface area contributed by atoms with Crippen molar-refractivity contribution in [3.05, 3.63) is 23.8 Å². The van der Waals surface area contributed by atoms with Crippen molar-refractivity contribution in [3.8, 4) is 11.5 Å². The molecule has 0 amide bonds. The van der Waals surface area contributed by atoms with Gasteiger partial charge in [-0.05, 0) is 26.8 Å². The van der Waals surface area contributed by atoms with Crippen molar-refractivity contribution in [1.82, 2.24) is 5.32 Å². The average Bonchev–Trinajstić information content (AvgIpc) is 2.36. The predicted molar refractivity (Wildman–Crippen MR) is 72.1 cm³/mol. The van der Waals surface area contributed by atoms with Crippen molar-refractivity contribution in [2.45, 2.75) is 39.5 Å². The van der Waals surface area contributed by atoms with Crippen LogP contribution in [0, 0.1) is 0 Å². The Hall–Kier alpha value is -1.26. The van der Waals surface area contributed by atoms with Crippen LogP contribution in [0.2, 0.25) is 0 Å². The maximum absolute atomic E-state index is 9.00. The summed E-state index contributed by atoms with van der Waals surface area (Å²) in [6, 6.07) is 5.85. The molecule has 2 N–H and O–H groups in total. The van der Waals surface area contributed by atoms with Gasteiger partial charge in [0.2, 0.25) is 0 Å². The number of aliphatic hydroxyl groups excluding tert-OH is 1. The van der Waals surface area contributed by atoms with E-state index >= 15 is 0 Å². The molecule has 0 aliphatic rings. The summed E-state index contributed by atoms with van der Waals surface area (Å²) in [6.07, 6.45) is 0.117. The summed E-state index contributed by atoms with van der Waals surface area (Å²) >= 11 is 0. The third-order valence-electron chi connectivity index (χ3n) is 2.55. The van der Waals surface area contributed by atoms with E-state index in [1.807, 2.05) is 39.0 Å². The van der Waals surface area contributed by atoms with Gasteiger partial charge in [0.1, 0.15) is 11.5 Å². The highest BCUT2D eigenvalue weighted by molar-refractivity contribution is 5.40. The second kappa shape index (κ2) is 7.24. The van der Waals surface area contributed by atoms with Crippen LogP contribution < -0.4 is 14.8 Å². The Bertz CT molecular complexity index is 366. The SMILES string of the molecule is COc1ccc(CNC(C)CO)c(OC(C)C)c1. The van der Waals surface area contributed by atoms with Crippen LogP contribution >= 0.6 is 0 Å². The first kappa shape index (κ1) is 14.8. The molecule has 1 aromatic carbocycles. The Labute approximate surface area is 109 Å². The molecule has 0 saturated carbocycles. The molecule has 1 rings (SSSR count). The Morgan fingerprint density at radius 2 is 2.00 bits per heavy atom. The second-order valence-corrected chi connectivity index (χ2v) is 4.60. The lowest BCUT2D eigenvalue weighted by atomic mass is 10.1. The van der Waals surface area contributed by atoms with Gasteiger partial charge in [0.05, 0.1) is 19.8 Å². The van der Waals surface area contributed by atoms with Gasteiger partial charge in [-0.2, -0.15) is 0 Å². The maximum Gasteiger partial charge on any atom is 0.127 e. The molecule has 18 heavy (non-hydrogen) atoms. The van der Waals surface area contributed by atoms with Crippen LogP contribution in [-0.2, 0) is 6.54 Å². The van der Waals surface area contributed by atoms with Gasteiger partial charge >= 0.3 is 0 Å². The number of benzene rings is 1. The molecule has 0 aliphatic carbocycles. The Morgan fingerprint density at radius 1 is 1.28 bits per heavy atom. The van der Waals surface area contributed by atoms with E-state index in [2.05, 4.69) is 5.32 Å². The monoisotopic (exact) mass is 253 g/mol. The predicted octanol–water partition coefficient (Wildman–Crippen LogP) is 1.95. The van der Waals surface area contributed by atoms with Crippen molar-refractivity contribution in [3.63, 3.8) is 0 Å². The van der Waals surface area contributed by atoms with Crippen LogP contribution in [0.4, 0.5) is 0 Å². The zero-order chi connectivity index (χ0) is 13.5. The molecule has 0 spiro atoms. The van der Waals surface area contributed by atoms with E-state index < -0.39 is 0 Å². The minimum absolute atomic E-state index is 0.0685. The van der Waals surface area contributed by atoms with E-state index in [-0.39, 0.29) is 18.8 Å². The van der Waals surface area contributed by atoms with E-state index in [0.717, 1.165) is 17.1 Å². The first-order valence-electron chi connectivity index (χ1n) is 6.24. The van der Waals surface area contributed by atoms with Gasteiger partial charge in [0.25, 0.3) is 0 Å². The van der Waals surface area contributed by atoms with Crippen molar-refractivity contribution in [1.29, 1.82) is 0 Å². The zero-order valence-electron chi connectivity index (χ0n) is 11.6. The molecular formula is C14H23NO3. The van der Waals surface area contributed by atoms with Crippen LogP contribution in [-0.4, -0.2) is 31.0 Å². The van der Waals surface area contributed by atoms with Crippen LogP contribution in [0.3, 0.4) is 0 Å². The van der Waals surface area contributed by atoms with Gasteiger partial charge in [-0.3, -0.25) is 0 Å². The van der Waals surface area contributed by atoms with Crippen molar-refractivity contribution < 1.29 is 14.6 Å². The third kappa shape index (κ3) is 4.55. The molecule has 4 nitrogen and oxygen atoms in total. The maximum atomic E-state index is 9.00. The van der Waals surface area contributed by atoms with Crippen LogP contribution in [0.15, 0.2) is 18.2 Å². The van der Waals surface area contributed by atoms with E-state index in [1.165, 1.54) is 0 Å². The Morgan fingerprint density at radius 3 is 2.56 bits per heavy atom. The number of hydrogen-bond donors (Lipinski definition) is 2. The van der Waals surface area contributed by atoms with Crippen molar-refractivity contribution in [2.24, 2.45) is 0 Å². The van der Waals surface area contributed by atoms with E-state index in [0.29, 0.717) is 6.54 Å². The molecule has 0 aliphatic heterocycles. The Kier molecular flexibility index (Phi) is 5.95. The summed E-state index contributed by atoms with van der Waals surface area (Å²) in [7, 11) is 1.64. The molecule has 4 heteroatoms. The molecule has 0 radical (unpaired) electrons. The smallest absolute Gasteiger partial charge is 0.127 e. The van der Waals surface area contributed by atoms with E-state index in [9.17, 15) is 0 Å². The first-order valence-corrected chi connectivity index (χ1v) is 6.24. The molecule has 102 valence electrons. The molecule has 1 unspecified atom stereocenters. The van der Waals surface area contributed by atoms with Gasteiger partial charge in [-0.1, -0.05) is 6.07 Å². The van der Waals surface area contributed by atoms with Gasteiger partial charge in [0, 0.05) is 24.2 Å². The molecule has 0 heterocycles. The average molecular weight is 253 g/mol. The summed E-state index contributed by atoms with van der Waals surface area (Å²) in [5.74, 6) is 1.60. The lowest BCUT2D eigenvalue weighted by molar-refractivity contribution is 0.234. The highest BCUT2D eigenvalue weighted by atomic mass is 16.5. The molecule has 1 aromatic rings. The van der Waals surface area contributed by atoms with Gasteiger partial charge in [-0.15, -0.1) is 0 Å². The summed E-state index contributed by atoms with van der Waals surface area (Å²) in [6.45, 7) is 6.71. The van der Waals surface area contributed by atoms with Gasteiger partial charge in [0.15, 0.2) is 0 Å². The molecule has 0 aromatic heterocycles. The molecule has 0 fully saturated rings. The lowest BCUT2D eigenvalue weighted by Crippen LogP contribution is -2.28. The summed E-state index contributed by atoms with van der Waals surface area (Å²) in [4.78, 5) is 0. The number of hydrogen-bond acceptors (Lipinski definition) is 4. The number of nitrogens with one attached hydrogen (secondary N) is 1. The molecule has 0 saturated heterocycles. The normalized spacial score (nSPS) is 12.6. The standard InChI is InChI=1S/C14H23NO3/c1-10(2)18-14-7-13(17-4)6-5-12(14)8-15-11(3)9-16/h5-7,10-11,15-16H,8-9H2,1-4H3. The third-order valence-corrected chi connectivity index (χ3v) is 2.55. The fraction of sp³-hybridized carbons (Fsp3) is 0.571. The summed E-state index contributed by atoms with van der Waals surface area (Å²) in [5.41, 5.74) is 1.06. The summed E-state index contributed by atoms with van der Waals surface area (Å²) in [5, 5.41) is 12.2.